The first-order chi connectivity index (χ1) is 11.2. The fraction of sp³-hybridized carbons (Fsp3) is 0.333. The number of hydrogen-bond donors (Lipinski definition) is 3. The Labute approximate surface area is 136 Å². The van der Waals surface area contributed by atoms with Crippen molar-refractivity contribution in [3.05, 3.63) is 60.7 Å². The highest BCUT2D eigenvalue weighted by Crippen LogP contribution is 2.09. The average molecular weight is 317 g/mol. The molecule has 0 saturated heterocycles. The molecule has 0 spiro atoms. The average Bonchev–Trinajstić information content (AvgIpc) is 2.60. The van der Waals surface area contributed by atoms with Gasteiger partial charge < -0.3 is 25.0 Å². The molecular weight excluding hydrogens is 294 g/mol. The first-order valence-corrected chi connectivity index (χ1v) is 7.66. The Morgan fingerprint density at radius 2 is 1.09 bits per heavy atom. The van der Waals surface area contributed by atoms with Gasteiger partial charge in [-0.25, -0.2) is 0 Å². The van der Waals surface area contributed by atoms with E-state index in [0.29, 0.717) is 13.1 Å². The summed E-state index contributed by atoms with van der Waals surface area (Å²) in [6.45, 7) is 1.09. The molecule has 0 bridgehead atoms. The van der Waals surface area contributed by atoms with Gasteiger partial charge >= 0.3 is 0 Å². The first kappa shape index (κ1) is 17.3. The molecule has 0 saturated carbocycles. The van der Waals surface area contributed by atoms with Gasteiger partial charge in [-0.1, -0.05) is 36.4 Å². The molecule has 2 atom stereocenters. The van der Waals surface area contributed by atoms with Crippen LogP contribution >= 0.6 is 0 Å². The van der Waals surface area contributed by atoms with Crippen LogP contribution in [-0.2, 0) is 0 Å². The number of ether oxygens (including phenoxy) is 2. The standard InChI is InChI=1S/C18H23NO4/c20-15(13-22-17-7-3-1-4-8-17)11-19-12-16(21)14-23-18-9-5-2-6-10-18/h1-10,15-16,19-21H,11-14H2/t15-,16-/m1/s1. The normalized spacial score (nSPS) is 13.3. The molecule has 2 aromatic rings. The molecule has 3 N–H and O–H groups in total. The summed E-state index contributed by atoms with van der Waals surface area (Å²) in [6.07, 6.45) is -1.28. The monoisotopic (exact) mass is 317 g/mol. The second-order valence-corrected chi connectivity index (χ2v) is 5.21. The van der Waals surface area contributed by atoms with Crippen molar-refractivity contribution in [2.75, 3.05) is 26.3 Å². The molecule has 124 valence electrons. The van der Waals surface area contributed by atoms with Crippen LogP contribution in [0.5, 0.6) is 11.5 Å². The molecule has 0 amide bonds. The van der Waals surface area contributed by atoms with E-state index >= 15 is 0 Å². The molecule has 0 aliphatic heterocycles. The van der Waals surface area contributed by atoms with E-state index in [4.69, 9.17) is 9.47 Å². The quantitative estimate of drug-likeness (QED) is 0.619. The Kier molecular flexibility index (Phi) is 7.39. The van der Waals surface area contributed by atoms with Crippen molar-refractivity contribution < 1.29 is 19.7 Å². The Balaban J connectivity index is 1.55. The van der Waals surface area contributed by atoms with E-state index in [9.17, 15) is 10.2 Å². The first-order valence-electron chi connectivity index (χ1n) is 7.66. The van der Waals surface area contributed by atoms with Gasteiger partial charge in [-0.15, -0.1) is 0 Å². The molecule has 2 rings (SSSR count). The van der Waals surface area contributed by atoms with Crippen LogP contribution in [0.4, 0.5) is 0 Å². The molecule has 0 aliphatic carbocycles. The number of benzene rings is 2. The topological polar surface area (TPSA) is 71.0 Å². The molecule has 0 aromatic heterocycles. The van der Waals surface area contributed by atoms with Crippen LogP contribution in [-0.4, -0.2) is 48.7 Å². The van der Waals surface area contributed by atoms with E-state index in [1.807, 2.05) is 60.7 Å². The highest BCUT2D eigenvalue weighted by Gasteiger charge is 2.08. The van der Waals surface area contributed by atoms with Crippen LogP contribution in [0.2, 0.25) is 0 Å². The van der Waals surface area contributed by atoms with Crippen molar-refractivity contribution in [1.82, 2.24) is 5.32 Å². The minimum atomic E-state index is -0.641. The van der Waals surface area contributed by atoms with Crippen molar-refractivity contribution in [2.45, 2.75) is 12.2 Å². The van der Waals surface area contributed by atoms with Crippen LogP contribution in [0.15, 0.2) is 60.7 Å². The summed E-state index contributed by atoms with van der Waals surface area (Å²) < 4.78 is 10.9. The van der Waals surface area contributed by atoms with Crippen LogP contribution in [0.3, 0.4) is 0 Å². The van der Waals surface area contributed by atoms with Gasteiger partial charge in [0.1, 0.15) is 36.9 Å². The lowest BCUT2D eigenvalue weighted by atomic mass is 10.3. The Morgan fingerprint density at radius 1 is 0.696 bits per heavy atom. The fourth-order valence-corrected chi connectivity index (χ4v) is 1.95. The predicted molar refractivity (Wildman–Crippen MR) is 88.8 cm³/mol. The molecule has 0 heterocycles. The van der Waals surface area contributed by atoms with Gasteiger partial charge in [0.2, 0.25) is 0 Å². The third-order valence-electron chi connectivity index (χ3n) is 3.13. The predicted octanol–water partition coefficient (Wildman–Crippen LogP) is 1.46. The maximum atomic E-state index is 9.83. The number of hydrogen-bond acceptors (Lipinski definition) is 5. The van der Waals surface area contributed by atoms with Crippen LogP contribution in [0.1, 0.15) is 0 Å². The maximum Gasteiger partial charge on any atom is 0.119 e. The summed E-state index contributed by atoms with van der Waals surface area (Å²) >= 11 is 0. The molecule has 5 heteroatoms. The lowest BCUT2D eigenvalue weighted by molar-refractivity contribution is 0.0858. The number of aliphatic hydroxyl groups is 2. The van der Waals surface area contributed by atoms with Crippen LogP contribution in [0, 0.1) is 0 Å². The zero-order valence-corrected chi connectivity index (χ0v) is 13.0. The van der Waals surface area contributed by atoms with Crippen molar-refractivity contribution in [3.8, 4) is 11.5 Å². The third-order valence-corrected chi connectivity index (χ3v) is 3.13. The largest absolute Gasteiger partial charge is 0.491 e. The Hall–Kier alpha value is -2.08. The molecule has 2 aromatic carbocycles. The van der Waals surface area contributed by atoms with Gasteiger partial charge in [-0.2, -0.15) is 0 Å². The fourth-order valence-electron chi connectivity index (χ4n) is 1.95. The lowest BCUT2D eigenvalue weighted by Crippen LogP contribution is -2.37. The minimum absolute atomic E-state index is 0.202. The van der Waals surface area contributed by atoms with Gasteiger partial charge in [0.25, 0.3) is 0 Å². The van der Waals surface area contributed by atoms with E-state index in [2.05, 4.69) is 5.32 Å². The molecule has 0 fully saturated rings. The van der Waals surface area contributed by atoms with Crippen molar-refractivity contribution in [1.29, 1.82) is 0 Å². The van der Waals surface area contributed by atoms with E-state index in [0.717, 1.165) is 11.5 Å². The number of para-hydroxylation sites is 2. The summed E-state index contributed by atoms with van der Waals surface area (Å²) in [7, 11) is 0. The highest BCUT2D eigenvalue weighted by molar-refractivity contribution is 5.21. The number of rotatable bonds is 10. The van der Waals surface area contributed by atoms with Crippen molar-refractivity contribution >= 4 is 0 Å². The Bertz CT molecular complexity index is 486. The SMILES string of the molecule is O[C@H](CNC[C@@H](O)COc1ccccc1)COc1ccccc1. The molecule has 23 heavy (non-hydrogen) atoms. The van der Waals surface area contributed by atoms with Gasteiger partial charge in [0.15, 0.2) is 0 Å². The molecule has 5 nitrogen and oxygen atoms in total. The highest BCUT2D eigenvalue weighted by atomic mass is 16.5. The van der Waals surface area contributed by atoms with Crippen LogP contribution in [0.25, 0.3) is 0 Å². The van der Waals surface area contributed by atoms with Gasteiger partial charge in [-0.3, -0.25) is 0 Å². The number of aliphatic hydroxyl groups excluding tert-OH is 2. The Morgan fingerprint density at radius 3 is 1.48 bits per heavy atom. The van der Waals surface area contributed by atoms with Crippen molar-refractivity contribution in [2.24, 2.45) is 0 Å². The van der Waals surface area contributed by atoms with Crippen molar-refractivity contribution in [3.63, 3.8) is 0 Å². The maximum absolute atomic E-state index is 9.83. The van der Waals surface area contributed by atoms with E-state index in [1.165, 1.54) is 0 Å². The second-order valence-electron chi connectivity index (χ2n) is 5.21. The number of nitrogens with one attached hydrogen (secondary N) is 1. The lowest BCUT2D eigenvalue weighted by Gasteiger charge is -2.16. The summed E-state index contributed by atoms with van der Waals surface area (Å²) in [4.78, 5) is 0. The van der Waals surface area contributed by atoms with Crippen LogP contribution < -0.4 is 14.8 Å². The zero-order valence-electron chi connectivity index (χ0n) is 13.0. The van der Waals surface area contributed by atoms with Gasteiger partial charge in [0, 0.05) is 13.1 Å². The third kappa shape index (κ3) is 7.15. The minimum Gasteiger partial charge on any atom is -0.491 e. The molecule has 0 unspecified atom stereocenters. The van der Waals surface area contributed by atoms with E-state index in [1.54, 1.807) is 0 Å². The van der Waals surface area contributed by atoms with E-state index < -0.39 is 12.2 Å². The molecule has 0 radical (unpaired) electrons. The molecular formula is C18H23NO4. The van der Waals surface area contributed by atoms with E-state index in [-0.39, 0.29) is 13.2 Å². The van der Waals surface area contributed by atoms with Gasteiger partial charge in [-0.05, 0) is 24.3 Å². The van der Waals surface area contributed by atoms with Gasteiger partial charge in [0.05, 0.1) is 0 Å². The zero-order chi connectivity index (χ0) is 16.3. The summed E-state index contributed by atoms with van der Waals surface area (Å²) in [6, 6.07) is 18.7. The summed E-state index contributed by atoms with van der Waals surface area (Å²) in [5, 5.41) is 22.7. The summed E-state index contributed by atoms with van der Waals surface area (Å²) in [5.41, 5.74) is 0. The smallest absolute Gasteiger partial charge is 0.119 e. The summed E-state index contributed by atoms with van der Waals surface area (Å²) in [5.74, 6) is 1.45. The molecule has 0 aliphatic rings. The second kappa shape index (κ2) is 9.84.